The smallest absolute Gasteiger partial charge is 0.272 e. The number of amides is 1. The minimum absolute atomic E-state index is 0.107. The van der Waals surface area contributed by atoms with Crippen LogP contribution in [0.15, 0.2) is 36.5 Å². The maximum atomic E-state index is 12.5. The topological polar surface area (TPSA) is 36.4 Å². The Kier molecular flexibility index (Phi) is 4.95. The number of anilines is 1. The van der Waals surface area contributed by atoms with E-state index in [2.05, 4.69) is 9.88 Å². The highest BCUT2D eigenvalue weighted by molar-refractivity contribution is 6.43. The van der Waals surface area contributed by atoms with Crippen LogP contribution in [0.25, 0.3) is 0 Å². The fourth-order valence-corrected chi connectivity index (χ4v) is 3.15. The Balaban J connectivity index is 1.69. The first kappa shape index (κ1) is 16.4. The zero-order valence-electron chi connectivity index (χ0n) is 12.2. The van der Waals surface area contributed by atoms with E-state index in [-0.39, 0.29) is 5.91 Å². The molecule has 0 bridgehead atoms. The van der Waals surface area contributed by atoms with Crippen molar-refractivity contribution in [2.75, 3.05) is 31.1 Å². The SMILES string of the molecule is O=C(c1cc(Cl)ccn1)N1CCN(c2cccc(Cl)c2Cl)CC1. The molecule has 2 aromatic rings. The fraction of sp³-hybridized carbons (Fsp3) is 0.250. The third kappa shape index (κ3) is 3.55. The molecule has 1 aliphatic heterocycles. The number of piperazine rings is 1. The number of halogens is 3. The summed E-state index contributed by atoms with van der Waals surface area (Å²) < 4.78 is 0. The van der Waals surface area contributed by atoms with Crippen molar-refractivity contribution < 1.29 is 4.79 Å². The number of rotatable bonds is 2. The summed E-state index contributed by atoms with van der Waals surface area (Å²) in [4.78, 5) is 20.4. The van der Waals surface area contributed by atoms with Gasteiger partial charge < -0.3 is 9.80 Å². The number of hydrogen-bond acceptors (Lipinski definition) is 3. The van der Waals surface area contributed by atoms with Crippen LogP contribution < -0.4 is 4.90 Å². The summed E-state index contributed by atoms with van der Waals surface area (Å²) in [6.07, 6.45) is 1.54. The van der Waals surface area contributed by atoms with Gasteiger partial charge in [0.1, 0.15) is 5.69 Å². The molecular formula is C16H14Cl3N3O. The second-order valence-electron chi connectivity index (χ2n) is 5.21. The van der Waals surface area contributed by atoms with Gasteiger partial charge in [-0.05, 0) is 24.3 Å². The molecule has 0 radical (unpaired) electrons. The minimum Gasteiger partial charge on any atom is -0.367 e. The molecule has 0 spiro atoms. The monoisotopic (exact) mass is 369 g/mol. The van der Waals surface area contributed by atoms with Crippen LogP contribution in [0.5, 0.6) is 0 Å². The maximum Gasteiger partial charge on any atom is 0.272 e. The van der Waals surface area contributed by atoms with Crippen molar-refractivity contribution in [1.82, 2.24) is 9.88 Å². The number of hydrogen-bond donors (Lipinski definition) is 0. The Bertz CT molecular complexity index is 730. The van der Waals surface area contributed by atoms with Gasteiger partial charge in [-0.15, -0.1) is 0 Å². The van der Waals surface area contributed by atoms with Gasteiger partial charge in [-0.2, -0.15) is 0 Å². The van der Waals surface area contributed by atoms with E-state index in [0.717, 1.165) is 5.69 Å². The number of aromatic nitrogens is 1. The van der Waals surface area contributed by atoms with E-state index in [9.17, 15) is 4.79 Å². The van der Waals surface area contributed by atoms with E-state index in [1.54, 1.807) is 23.1 Å². The number of pyridine rings is 1. The van der Waals surface area contributed by atoms with Crippen molar-refractivity contribution in [2.45, 2.75) is 0 Å². The van der Waals surface area contributed by atoms with E-state index < -0.39 is 0 Å². The van der Waals surface area contributed by atoms with Crippen LogP contribution in [0.2, 0.25) is 15.1 Å². The average Bonchev–Trinajstić information content (AvgIpc) is 2.57. The molecule has 1 amide bonds. The summed E-state index contributed by atoms with van der Waals surface area (Å²) >= 11 is 18.2. The third-order valence-corrected chi connectivity index (χ3v) is 4.82. The quantitative estimate of drug-likeness (QED) is 0.801. The molecule has 23 heavy (non-hydrogen) atoms. The molecule has 1 saturated heterocycles. The van der Waals surface area contributed by atoms with Crippen molar-refractivity contribution in [3.8, 4) is 0 Å². The first-order valence-corrected chi connectivity index (χ1v) is 8.29. The van der Waals surface area contributed by atoms with Crippen molar-refractivity contribution >= 4 is 46.4 Å². The van der Waals surface area contributed by atoms with Crippen LogP contribution >= 0.6 is 34.8 Å². The lowest BCUT2D eigenvalue weighted by Gasteiger charge is -2.36. The van der Waals surface area contributed by atoms with E-state index in [0.29, 0.717) is 46.9 Å². The molecular weight excluding hydrogens is 357 g/mol. The first-order valence-electron chi connectivity index (χ1n) is 7.16. The molecule has 1 aromatic carbocycles. The molecule has 0 N–H and O–H groups in total. The third-order valence-electron chi connectivity index (χ3n) is 3.78. The first-order chi connectivity index (χ1) is 11.1. The van der Waals surface area contributed by atoms with Gasteiger partial charge in [0.25, 0.3) is 5.91 Å². The summed E-state index contributed by atoms with van der Waals surface area (Å²) in [7, 11) is 0. The minimum atomic E-state index is -0.107. The second-order valence-corrected chi connectivity index (χ2v) is 6.43. The number of carbonyl (C=O) groups is 1. The fourth-order valence-electron chi connectivity index (χ4n) is 2.57. The molecule has 1 fully saturated rings. The highest BCUT2D eigenvalue weighted by Crippen LogP contribution is 2.32. The molecule has 1 aromatic heterocycles. The van der Waals surface area contributed by atoms with Gasteiger partial charge in [0, 0.05) is 37.4 Å². The van der Waals surface area contributed by atoms with Crippen molar-refractivity contribution in [3.63, 3.8) is 0 Å². The largest absolute Gasteiger partial charge is 0.367 e. The van der Waals surface area contributed by atoms with Gasteiger partial charge in [-0.25, -0.2) is 0 Å². The zero-order chi connectivity index (χ0) is 16.4. The van der Waals surface area contributed by atoms with Crippen LogP contribution in [0.3, 0.4) is 0 Å². The summed E-state index contributed by atoms with van der Waals surface area (Å²) in [5.74, 6) is -0.107. The van der Waals surface area contributed by atoms with Gasteiger partial charge >= 0.3 is 0 Å². The number of benzene rings is 1. The molecule has 1 aliphatic rings. The number of carbonyl (C=O) groups excluding carboxylic acids is 1. The lowest BCUT2D eigenvalue weighted by Crippen LogP contribution is -2.49. The van der Waals surface area contributed by atoms with E-state index in [4.69, 9.17) is 34.8 Å². The maximum absolute atomic E-state index is 12.5. The highest BCUT2D eigenvalue weighted by Gasteiger charge is 2.24. The Morgan fingerprint density at radius 3 is 2.48 bits per heavy atom. The van der Waals surface area contributed by atoms with E-state index >= 15 is 0 Å². The Morgan fingerprint density at radius 2 is 1.78 bits per heavy atom. The predicted molar refractivity (Wildman–Crippen MR) is 93.8 cm³/mol. The molecule has 3 rings (SSSR count). The molecule has 0 unspecified atom stereocenters. The molecule has 7 heteroatoms. The van der Waals surface area contributed by atoms with Gasteiger partial charge in [0.15, 0.2) is 0 Å². The summed E-state index contributed by atoms with van der Waals surface area (Å²) in [6, 6.07) is 8.81. The van der Waals surface area contributed by atoms with E-state index in [1.807, 2.05) is 12.1 Å². The van der Waals surface area contributed by atoms with Crippen LogP contribution in [-0.2, 0) is 0 Å². The standard InChI is InChI=1S/C16H14Cl3N3O/c17-11-4-5-20-13(10-11)16(23)22-8-6-21(7-9-22)14-3-1-2-12(18)15(14)19/h1-5,10H,6-9H2. The van der Waals surface area contributed by atoms with Gasteiger partial charge in [0.05, 0.1) is 15.7 Å². The molecule has 0 atom stereocenters. The van der Waals surface area contributed by atoms with Crippen LogP contribution in [-0.4, -0.2) is 42.0 Å². The second kappa shape index (κ2) is 6.95. The van der Waals surface area contributed by atoms with Crippen molar-refractivity contribution in [1.29, 1.82) is 0 Å². The molecule has 120 valence electrons. The lowest BCUT2D eigenvalue weighted by molar-refractivity contribution is 0.0741. The average molecular weight is 371 g/mol. The molecule has 4 nitrogen and oxygen atoms in total. The normalized spacial score (nSPS) is 14.9. The van der Waals surface area contributed by atoms with Crippen LogP contribution in [0, 0.1) is 0 Å². The lowest BCUT2D eigenvalue weighted by atomic mass is 10.2. The van der Waals surface area contributed by atoms with Crippen LogP contribution in [0.4, 0.5) is 5.69 Å². The molecule has 2 heterocycles. The molecule has 0 aliphatic carbocycles. The molecule has 0 saturated carbocycles. The summed E-state index contributed by atoms with van der Waals surface area (Å²) in [6.45, 7) is 2.56. The van der Waals surface area contributed by atoms with Crippen LogP contribution in [0.1, 0.15) is 10.5 Å². The van der Waals surface area contributed by atoms with E-state index in [1.165, 1.54) is 6.20 Å². The Hall–Kier alpha value is -1.49. The van der Waals surface area contributed by atoms with Crippen molar-refractivity contribution in [2.24, 2.45) is 0 Å². The zero-order valence-corrected chi connectivity index (χ0v) is 14.4. The Morgan fingerprint density at radius 1 is 1.04 bits per heavy atom. The number of nitrogens with zero attached hydrogens (tertiary/aromatic N) is 3. The van der Waals surface area contributed by atoms with Crippen molar-refractivity contribution in [3.05, 3.63) is 57.3 Å². The van der Waals surface area contributed by atoms with Gasteiger partial charge in [-0.3, -0.25) is 9.78 Å². The van der Waals surface area contributed by atoms with Gasteiger partial charge in [0.2, 0.25) is 0 Å². The summed E-state index contributed by atoms with van der Waals surface area (Å²) in [5.41, 5.74) is 1.26. The van der Waals surface area contributed by atoms with Gasteiger partial charge in [-0.1, -0.05) is 40.9 Å². The summed E-state index contributed by atoms with van der Waals surface area (Å²) in [5, 5.41) is 1.59. The Labute approximate surface area is 149 Å². The highest BCUT2D eigenvalue weighted by atomic mass is 35.5. The predicted octanol–water partition coefficient (Wildman–Crippen LogP) is 4.00.